The summed E-state index contributed by atoms with van der Waals surface area (Å²) >= 11 is 0. The third-order valence-electron chi connectivity index (χ3n) is 7.15. The number of rotatable bonds is 5. The normalized spacial score (nSPS) is 16.5. The number of aryl methyl sites for hydroxylation is 1. The number of nitrogens with one attached hydrogen (secondary N) is 1. The number of fused-ring (bicyclic) bond motifs is 1. The Morgan fingerprint density at radius 3 is 2.33 bits per heavy atom. The quantitative estimate of drug-likeness (QED) is 0.528. The van der Waals surface area contributed by atoms with Crippen LogP contribution in [0.1, 0.15) is 51.3 Å². The fraction of sp³-hybridized carbons (Fsp3) is 0.393. The van der Waals surface area contributed by atoms with Crippen molar-refractivity contribution in [1.82, 2.24) is 14.6 Å². The number of alkyl halides is 3. The van der Waals surface area contributed by atoms with Crippen molar-refractivity contribution in [3.05, 3.63) is 92.4 Å². The first-order valence-corrected chi connectivity index (χ1v) is 12.9. The molecule has 2 aromatic carbocycles. The van der Waals surface area contributed by atoms with Crippen molar-refractivity contribution in [3.8, 4) is 0 Å². The van der Waals surface area contributed by atoms with Crippen molar-refractivity contribution in [3.63, 3.8) is 0 Å². The van der Waals surface area contributed by atoms with E-state index in [1.165, 1.54) is 16.8 Å². The Hall–Kier alpha value is -3.86. The van der Waals surface area contributed by atoms with Crippen LogP contribution in [0.2, 0.25) is 0 Å². The van der Waals surface area contributed by atoms with E-state index in [0.29, 0.717) is 67.6 Å². The van der Waals surface area contributed by atoms with E-state index in [9.17, 15) is 22.8 Å². The molecule has 1 atom stereocenters. The van der Waals surface area contributed by atoms with E-state index in [1.54, 1.807) is 24.0 Å². The first-order valence-electron chi connectivity index (χ1n) is 12.9. The molecule has 0 saturated carbocycles. The van der Waals surface area contributed by atoms with Crippen molar-refractivity contribution in [1.29, 1.82) is 0 Å². The number of carbonyl (C=O) groups excluding carboxylic acids is 1. The van der Waals surface area contributed by atoms with Gasteiger partial charge in [0.1, 0.15) is 0 Å². The van der Waals surface area contributed by atoms with Crippen LogP contribution in [0.5, 0.6) is 0 Å². The van der Waals surface area contributed by atoms with E-state index < -0.39 is 17.8 Å². The Kier molecular flexibility index (Phi) is 7.35. The molecular weight excluding hydrogens is 511 g/mol. The van der Waals surface area contributed by atoms with Crippen molar-refractivity contribution < 1.29 is 22.7 Å². The first kappa shape index (κ1) is 26.7. The second-order valence-corrected chi connectivity index (χ2v) is 9.87. The molecule has 3 aromatic rings. The van der Waals surface area contributed by atoms with Gasteiger partial charge in [0.25, 0.3) is 11.5 Å². The van der Waals surface area contributed by atoms with Crippen LogP contribution in [0.25, 0.3) is 0 Å². The van der Waals surface area contributed by atoms with Crippen molar-refractivity contribution in [2.24, 2.45) is 0 Å². The average Bonchev–Trinajstić information content (AvgIpc) is 2.93. The van der Waals surface area contributed by atoms with Gasteiger partial charge in [-0.2, -0.15) is 17.8 Å². The number of aromatic nitrogens is 2. The molecule has 11 heteroatoms. The summed E-state index contributed by atoms with van der Waals surface area (Å²) in [6, 6.07) is 11.8. The number of ether oxygens (including phenoxy) is 1. The Labute approximate surface area is 224 Å². The number of anilines is 1. The molecule has 1 N–H and O–H groups in total. The predicted molar refractivity (Wildman–Crippen MR) is 140 cm³/mol. The standard InChI is InChI=1S/C28H30F3N5O3/c1-18-3-5-21(6-4-18)25(37)34-12-11-24-23(17-34)26(38)36(35-13-15-39-16-14-35)27(33-24)32-19(2)20-7-9-22(10-8-20)28(29,30)31/h3-10,19H,11-17H2,1-2H3,(H,32,33). The van der Waals surface area contributed by atoms with Gasteiger partial charge in [-0.1, -0.05) is 29.8 Å². The zero-order chi connectivity index (χ0) is 27.7. The van der Waals surface area contributed by atoms with E-state index in [1.807, 2.05) is 24.1 Å². The largest absolute Gasteiger partial charge is 0.416 e. The summed E-state index contributed by atoms with van der Waals surface area (Å²) in [5.74, 6) is 0.169. The lowest BCUT2D eigenvalue weighted by molar-refractivity contribution is -0.137. The molecule has 0 bridgehead atoms. The van der Waals surface area contributed by atoms with E-state index in [4.69, 9.17) is 9.72 Å². The smallest absolute Gasteiger partial charge is 0.378 e. The highest BCUT2D eigenvalue weighted by Gasteiger charge is 2.31. The zero-order valence-electron chi connectivity index (χ0n) is 21.8. The van der Waals surface area contributed by atoms with E-state index in [-0.39, 0.29) is 18.0 Å². The van der Waals surface area contributed by atoms with Gasteiger partial charge in [0.15, 0.2) is 0 Å². The summed E-state index contributed by atoms with van der Waals surface area (Å²) < 4.78 is 46.0. The SMILES string of the molecule is Cc1ccc(C(=O)N2CCc3nc(NC(C)c4ccc(C(F)(F)F)cc4)n(N4CCOCC4)c(=O)c3C2)cc1. The summed E-state index contributed by atoms with van der Waals surface area (Å²) in [4.78, 5) is 33.5. The molecule has 0 aliphatic carbocycles. The molecule has 1 amide bonds. The molecule has 2 aliphatic rings. The summed E-state index contributed by atoms with van der Waals surface area (Å²) in [6.45, 7) is 6.14. The Morgan fingerprint density at radius 1 is 1.03 bits per heavy atom. The Balaban J connectivity index is 1.46. The van der Waals surface area contributed by atoms with Crippen LogP contribution in [0.4, 0.5) is 19.1 Å². The van der Waals surface area contributed by atoms with Crippen molar-refractivity contribution in [2.45, 2.75) is 39.0 Å². The minimum atomic E-state index is -4.42. The summed E-state index contributed by atoms with van der Waals surface area (Å²) in [6.07, 6.45) is -4.00. The molecule has 5 rings (SSSR count). The minimum Gasteiger partial charge on any atom is -0.378 e. The maximum absolute atomic E-state index is 13.9. The Bertz CT molecular complexity index is 1400. The summed E-state index contributed by atoms with van der Waals surface area (Å²) in [5.41, 5.74) is 2.32. The van der Waals surface area contributed by atoms with Crippen LogP contribution in [0.15, 0.2) is 53.3 Å². The lowest BCUT2D eigenvalue weighted by atomic mass is 10.0. The summed E-state index contributed by atoms with van der Waals surface area (Å²) in [5, 5.41) is 5.09. The van der Waals surface area contributed by atoms with Crippen LogP contribution in [-0.2, 0) is 23.9 Å². The highest BCUT2D eigenvalue weighted by atomic mass is 19.4. The highest BCUT2D eigenvalue weighted by Crippen LogP contribution is 2.30. The predicted octanol–water partition coefficient (Wildman–Crippen LogP) is 3.91. The molecule has 0 spiro atoms. The van der Waals surface area contributed by atoms with Crippen LogP contribution in [-0.4, -0.2) is 53.3 Å². The number of hydrogen-bond acceptors (Lipinski definition) is 6. The average molecular weight is 542 g/mol. The van der Waals surface area contributed by atoms with Gasteiger partial charge in [0.05, 0.1) is 55.7 Å². The molecule has 206 valence electrons. The van der Waals surface area contributed by atoms with Gasteiger partial charge in [0.2, 0.25) is 5.95 Å². The van der Waals surface area contributed by atoms with E-state index in [2.05, 4.69) is 5.32 Å². The van der Waals surface area contributed by atoms with E-state index >= 15 is 0 Å². The molecule has 1 unspecified atom stereocenters. The van der Waals surface area contributed by atoms with Crippen molar-refractivity contribution in [2.75, 3.05) is 43.2 Å². The second kappa shape index (κ2) is 10.7. The fourth-order valence-electron chi connectivity index (χ4n) is 4.87. The molecule has 0 radical (unpaired) electrons. The van der Waals surface area contributed by atoms with Crippen LogP contribution in [0, 0.1) is 6.92 Å². The molecular formula is C28H30F3N5O3. The number of halogens is 3. The van der Waals surface area contributed by atoms with Gasteiger partial charge in [0, 0.05) is 18.5 Å². The fourth-order valence-corrected chi connectivity index (χ4v) is 4.87. The van der Waals surface area contributed by atoms with Crippen LogP contribution in [0.3, 0.4) is 0 Å². The van der Waals surface area contributed by atoms with Gasteiger partial charge in [-0.15, -0.1) is 0 Å². The van der Waals surface area contributed by atoms with Gasteiger partial charge in [-0.3, -0.25) is 9.59 Å². The molecule has 1 saturated heterocycles. The van der Waals surface area contributed by atoms with Crippen LogP contribution < -0.4 is 15.9 Å². The number of amides is 1. The van der Waals surface area contributed by atoms with Crippen LogP contribution >= 0.6 is 0 Å². The molecule has 3 heterocycles. The second-order valence-electron chi connectivity index (χ2n) is 9.87. The maximum Gasteiger partial charge on any atom is 0.416 e. The lowest BCUT2D eigenvalue weighted by Gasteiger charge is -2.35. The number of carbonyl (C=O) groups is 1. The van der Waals surface area contributed by atoms with Gasteiger partial charge in [-0.25, -0.2) is 4.98 Å². The third-order valence-corrected chi connectivity index (χ3v) is 7.15. The Morgan fingerprint density at radius 2 is 1.69 bits per heavy atom. The summed E-state index contributed by atoms with van der Waals surface area (Å²) in [7, 11) is 0. The van der Waals surface area contributed by atoms with Gasteiger partial charge in [-0.05, 0) is 43.7 Å². The highest BCUT2D eigenvalue weighted by molar-refractivity contribution is 5.94. The first-order chi connectivity index (χ1) is 18.6. The molecule has 1 fully saturated rings. The number of hydrogen-bond donors (Lipinski definition) is 1. The number of nitrogens with zero attached hydrogens (tertiary/aromatic N) is 4. The third kappa shape index (κ3) is 5.63. The molecule has 8 nitrogen and oxygen atoms in total. The maximum atomic E-state index is 13.9. The monoisotopic (exact) mass is 541 g/mol. The minimum absolute atomic E-state index is 0.143. The van der Waals surface area contributed by atoms with E-state index in [0.717, 1.165) is 17.7 Å². The topological polar surface area (TPSA) is 79.7 Å². The van der Waals surface area contributed by atoms with Gasteiger partial charge >= 0.3 is 6.18 Å². The lowest BCUT2D eigenvalue weighted by Crippen LogP contribution is -2.52. The zero-order valence-corrected chi connectivity index (χ0v) is 21.8. The molecule has 1 aromatic heterocycles. The number of morpholine rings is 1. The van der Waals surface area contributed by atoms with Crippen molar-refractivity contribution >= 4 is 11.9 Å². The number of benzene rings is 2. The van der Waals surface area contributed by atoms with Gasteiger partial charge < -0.3 is 20.0 Å². The molecule has 2 aliphatic heterocycles. The molecule has 39 heavy (non-hydrogen) atoms.